The number of rotatable bonds is 5. The summed E-state index contributed by atoms with van der Waals surface area (Å²) in [5.41, 5.74) is 4.09. The summed E-state index contributed by atoms with van der Waals surface area (Å²) in [6.45, 7) is -0.658. The lowest BCUT2D eigenvalue weighted by Crippen LogP contribution is -2.43. The summed E-state index contributed by atoms with van der Waals surface area (Å²) in [4.78, 5) is 45.0. The van der Waals surface area contributed by atoms with Gasteiger partial charge in [-0.2, -0.15) is 0 Å². The number of benzene rings is 2. The molecule has 0 radical (unpaired) electrons. The molecule has 0 heterocycles. The van der Waals surface area contributed by atoms with Crippen molar-refractivity contribution < 1.29 is 29.2 Å². The van der Waals surface area contributed by atoms with E-state index in [-0.39, 0.29) is 22.6 Å². The highest BCUT2D eigenvalue weighted by atomic mass is 16.6. The number of nitrogens with one attached hydrogen (secondary N) is 2. The molecule has 0 aliphatic rings. The number of phenolic OH excluding ortho intramolecular Hbond substituents is 1. The molecule has 0 aliphatic carbocycles. The zero-order chi connectivity index (χ0) is 19.1. The zero-order valence-corrected chi connectivity index (χ0v) is 13.2. The molecular formula is C16H13N3O7. The molecule has 0 bridgehead atoms. The normalized spacial score (nSPS) is 9.85. The molecule has 3 N–H and O–H groups in total. The summed E-state index contributed by atoms with van der Waals surface area (Å²) in [7, 11) is 0. The summed E-state index contributed by atoms with van der Waals surface area (Å²) in [5, 5.41) is 19.8. The predicted octanol–water partition coefficient (Wildman–Crippen LogP) is 0.918. The Bertz CT molecular complexity index is 849. The molecule has 0 aromatic heterocycles. The molecule has 0 unspecified atom stereocenters. The van der Waals surface area contributed by atoms with E-state index >= 15 is 0 Å². The number of esters is 1. The molecule has 0 saturated carbocycles. The maximum absolute atomic E-state index is 11.8. The van der Waals surface area contributed by atoms with Gasteiger partial charge in [-0.05, 0) is 30.3 Å². The fraction of sp³-hybridized carbons (Fsp3) is 0.0625. The van der Waals surface area contributed by atoms with Crippen molar-refractivity contribution in [3.05, 3.63) is 69.8 Å². The number of carbonyl (C=O) groups is 3. The monoisotopic (exact) mass is 359 g/mol. The van der Waals surface area contributed by atoms with Crippen molar-refractivity contribution in [1.29, 1.82) is 0 Å². The molecule has 0 fully saturated rings. The third-order valence-electron chi connectivity index (χ3n) is 3.07. The zero-order valence-electron chi connectivity index (χ0n) is 13.2. The van der Waals surface area contributed by atoms with Crippen LogP contribution in [0.5, 0.6) is 5.75 Å². The number of amides is 2. The van der Waals surface area contributed by atoms with Crippen molar-refractivity contribution in [3.8, 4) is 5.75 Å². The van der Waals surface area contributed by atoms with Crippen LogP contribution in [0, 0.1) is 10.1 Å². The summed E-state index contributed by atoms with van der Waals surface area (Å²) in [6.07, 6.45) is 0. The van der Waals surface area contributed by atoms with Gasteiger partial charge in [0.15, 0.2) is 6.61 Å². The minimum absolute atomic E-state index is 0.0627. The molecule has 10 nitrogen and oxygen atoms in total. The van der Waals surface area contributed by atoms with Crippen LogP contribution in [0.3, 0.4) is 0 Å². The lowest BCUT2D eigenvalue weighted by Gasteiger charge is -2.08. The highest BCUT2D eigenvalue weighted by Crippen LogP contribution is 2.12. The second-order valence-electron chi connectivity index (χ2n) is 4.93. The van der Waals surface area contributed by atoms with E-state index in [1.807, 2.05) is 5.43 Å². The second kappa shape index (κ2) is 8.24. The van der Waals surface area contributed by atoms with Crippen LogP contribution in [0.25, 0.3) is 0 Å². The minimum atomic E-state index is -0.822. The van der Waals surface area contributed by atoms with Crippen LogP contribution in [0.2, 0.25) is 0 Å². The highest BCUT2D eigenvalue weighted by molar-refractivity contribution is 5.96. The smallest absolute Gasteiger partial charge is 0.338 e. The summed E-state index contributed by atoms with van der Waals surface area (Å²) in [5.74, 6) is -2.45. The van der Waals surface area contributed by atoms with Crippen LogP contribution >= 0.6 is 0 Å². The fourth-order valence-electron chi connectivity index (χ4n) is 1.82. The Kier molecular flexibility index (Phi) is 5.83. The number of non-ortho nitro benzene ring substituents is 1. The quantitative estimate of drug-likeness (QED) is 0.408. The molecular weight excluding hydrogens is 346 g/mol. The Morgan fingerprint density at radius 1 is 1.04 bits per heavy atom. The lowest BCUT2D eigenvalue weighted by atomic mass is 10.2. The molecule has 0 aliphatic heterocycles. The van der Waals surface area contributed by atoms with Crippen LogP contribution in [-0.4, -0.2) is 34.4 Å². The first-order valence-electron chi connectivity index (χ1n) is 7.16. The third-order valence-corrected chi connectivity index (χ3v) is 3.07. The molecule has 10 heteroatoms. The van der Waals surface area contributed by atoms with Gasteiger partial charge in [-0.1, -0.05) is 6.07 Å². The topological polar surface area (TPSA) is 148 Å². The number of nitro benzene ring substituents is 1. The Morgan fingerprint density at radius 2 is 1.73 bits per heavy atom. The van der Waals surface area contributed by atoms with Crippen LogP contribution in [0.4, 0.5) is 5.69 Å². The largest absolute Gasteiger partial charge is 0.508 e. The predicted molar refractivity (Wildman–Crippen MR) is 87.1 cm³/mol. The van der Waals surface area contributed by atoms with Crippen LogP contribution in [0.15, 0.2) is 48.5 Å². The van der Waals surface area contributed by atoms with Gasteiger partial charge in [-0.15, -0.1) is 0 Å². The average Bonchev–Trinajstić information content (AvgIpc) is 2.64. The highest BCUT2D eigenvalue weighted by Gasteiger charge is 2.13. The summed E-state index contributed by atoms with van der Waals surface area (Å²) >= 11 is 0. The first-order chi connectivity index (χ1) is 12.4. The summed E-state index contributed by atoms with van der Waals surface area (Å²) < 4.78 is 4.74. The Hall–Kier alpha value is -3.95. The average molecular weight is 359 g/mol. The number of nitrogens with zero attached hydrogens (tertiary/aromatic N) is 1. The Balaban J connectivity index is 1.80. The maximum Gasteiger partial charge on any atom is 0.338 e. The van der Waals surface area contributed by atoms with Gasteiger partial charge in [0.25, 0.3) is 17.5 Å². The van der Waals surface area contributed by atoms with E-state index < -0.39 is 29.3 Å². The van der Waals surface area contributed by atoms with Gasteiger partial charge in [-0.3, -0.25) is 30.6 Å². The van der Waals surface area contributed by atoms with Gasteiger partial charge in [0.1, 0.15) is 5.75 Å². The minimum Gasteiger partial charge on any atom is -0.508 e. The fourth-order valence-corrected chi connectivity index (χ4v) is 1.82. The van der Waals surface area contributed by atoms with Crippen LogP contribution < -0.4 is 10.9 Å². The van der Waals surface area contributed by atoms with Gasteiger partial charge >= 0.3 is 5.97 Å². The van der Waals surface area contributed by atoms with Gasteiger partial charge in [0.05, 0.1) is 10.5 Å². The third kappa shape index (κ3) is 5.03. The van der Waals surface area contributed by atoms with E-state index in [9.17, 15) is 29.6 Å². The maximum atomic E-state index is 11.8. The van der Waals surface area contributed by atoms with E-state index in [1.54, 1.807) is 0 Å². The molecule has 2 aromatic rings. The van der Waals surface area contributed by atoms with Crippen molar-refractivity contribution in [1.82, 2.24) is 10.9 Å². The first-order valence-corrected chi connectivity index (χ1v) is 7.16. The molecule has 2 amide bonds. The van der Waals surface area contributed by atoms with E-state index in [0.29, 0.717) is 0 Å². The molecule has 2 rings (SSSR count). The van der Waals surface area contributed by atoms with E-state index in [2.05, 4.69) is 5.43 Å². The lowest BCUT2D eigenvalue weighted by molar-refractivity contribution is -0.384. The van der Waals surface area contributed by atoms with E-state index in [0.717, 1.165) is 12.1 Å². The number of hydrazine groups is 1. The summed E-state index contributed by atoms with van der Waals surface area (Å²) in [6, 6.07) is 10.1. The van der Waals surface area contributed by atoms with Gasteiger partial charge in [0.2, 0.25) is 0 Å². The SMILES string of the molecule is O=C(COC(=O)c1cccc(O)c1)NNC(=O)c1ccc([N+](=O)[O-])cc1. The number of aromatic hydroxyl groups is 1. The first kappa shape index (κ1) is 18.4. The Labute approximate surface area is 146 Å². The molecule has 26 heavy (non-hydrogen) atoms. The number of carbonyl (C=O) groups excluding carboxylic acids is 3. The van der Waals surface area contributed by atoms with E-state index in [4.69, 9.17) is 4.74 Å². The van der Waals surface area contributed by atoms with Crippen LogP contribution in [-0.2, 0) is 9.53 Å². The van der Waals surface area contributed by atoms with Crippen molar-refractivity contribution in [2.45, 2.75) is 0 Å². The molecule has 0 saturated heterocycles. The number of hydrogen-bond acceptors (Lipinski definition) is 7. The molecule has 134 valence electrons. The van der Waals surface area contributed by atoms with Gasteiger partial charge < -0.3 is 9.84 Å². The van der Waals surface area contributed by atoms with Gasteiger partial charge in [-0.25, -0.2) is 4.79 Å². The second-order valence-corrected chi connectivity index (χ2v) is 4.93. The van der Waals surface area contributed by atoms with Crippen LogP contribution in [0.1, 0.15) is 20.7 Å². The standard InChI is InChI=1S/C16H13N3O7/c20-13-3-1-2-11(8-13)16(23)26-9-14(21)17-18-15(22)10-4-6-12(7-5-10)19(24)25/h1-8,20H,9H2,(H,17,21)(H,18,22). The number of phenols is 1. The number of ether oxygens (including phenoxy) is 1. The number of hydrogen-bond donors (Lipinski definition) is 3. The van der Waals surface area contributed by atoms with Crippen molar-refractivity contribution in [2.75, 3.05) is 6.61 Å². The number of nitro groups is 1. The van der Waals surface area contributed by atoms with E-state index in [1.165, 1.54) is 36.4 Å². The Morgan fingerprint density at radius 3 is 2.35 bits per heavy atom. The van der Waals surface area contributed by atoms with Crippen molar-refractivity contribution >= 4 is 23.5 Å². The van der Waals surface area contributed by atoms with Crippen molar-refractivity contribution in [2.24, 2.45) is 0 Å². The molecule has 2 aromatic carbocycles. The van der Waals surface area contributed by atoms with Gasteiger partial charge in [0, 0.05) is 17.7 Å². The molecule has 0 atom stereocenters. The van der Waals surface area contributed by atoms with Crippen molar-refractivity contribution in [3.63, 3.8) is 0 Å². The molecule has 0 spiro atoms.